The molecule has 0 bridgehead atoms. The molecule has 0 unspecified atom stereocenters. The molecule has 19 heavy (non-hydrogen) atoms. The van der Waals surface area contributed by atoms with Gasteiger partial charge in [-0.3, -0.25) is 0 Å². The van der Waals surface area contributed by atoms with E-state index in [1.807, 2.05) is 6.07 Å². The maximum absolute atomic E-state index is 4.82. The minimum absolute atomic E-state index is 0. The number of benzene rings is 1. The number of aromatic amines is 1. The Morgan fingerprint density at radius 2 is 1.79 bits per heavy atom. The molecule has 102 valence electrons. The lowest BCUT2D eigenvalue weighted by molar-refractivity contribution is 0.447. The van der Waals surface area contributed by atoms with Crippen molar-refractivity contribution in [3.63, 3.8) is 0 Å². The van der Waals surface area contributed by atoms with E-state index < -0.39 is 0 Å². The topological polar surface area (TPSA) is 40.7 Å². The Morgan fingerprint density at radius 3 is 2.47 bits per heavy atom. The molecule has 1 aliphatic rings. The highest BCUT2D eigenvalue weighted by Gasteiger charge is 2.19. The molecule has 2 aromatic rings. The minimum atomic E-state index is 0. The third-order valence-corrected chi connectivity index (χ3v) is 3.68. The number of aromatic nitrogens is 2. The highest BCUT2D eigenvalue weighted by molar-refractivity contribution is 5.85. The summed E-state index contributed by atoms with van der Waals surface area (Å²) in [4.78, 5) is 8.29. The van der Waals surface area contributed by atoms with Gasteiger partial charge in [0.2, 0.25) is 0 Å². The van der Waals surface area contributed by atoms with Crippen LogP contribution in [0, 0.1) is 6.92 Å². The van der Waals surface area contributed by atoms with Gasteiger partial charge < -0.3 is 10.3 Å². The quantitative estimate of drug-likeness (QED) is 0.884. The first kappa shape index (κ1) is 14.1. The Balaban J connectivity index is 0.00000133. The van der Waals surface area contributed by atoms with Gasteiger partial charge in [0.25, 0.3) is 0 Å². The van der Waals surface area contributed by atoms with Crippen molar-refractivity contribution in [1.29, 1.82) is 0 Å². The van der Waals surface area contributed by atoms with Crippen LogP contribution >= 0.6 is 12.4 Å². The SMILES string of the molecule is Cc1[nH]c(C2CCNCC2)nc1-c1ccccc1.Cl. The Kier molecular flexibility index (Phi) is 4.61. The summed E-state index contributed by atoms with van der Waals surface area (Å²) in [6.07, 6.45) is 2.36. The van der Waals surface area contributed by atoms with Crippen molar-refractivity contribution in [2.75, 3.05) is 13.1 Å². The van der Waals surface area contributed by atoms with E-state index >= 15 is 0 Å². The van der Waals surface area contributed by atoms with Gasteiger partial charge in [-0.05, 0) is 32.9 Å². The predicted molar refractivity (Wildman–Crippen MR) is 80.9 cm³/mol. The van der Waals surface area contributed by atoms with Crippen LogP contribution in [0.3, 0.4) is 0 Å². The second-order valence-corrected chi connectivity index (χ2v) is 4.99. The van der Waals surface area contributed by atoms with Crippen molar-refractivity contribution in [3.05, 3.63) is 41.9 Å². The van der Waals surface area contributed by atoms with Crippen molar-refractivity contribution in [2.45, 2.75) is 25.7 Å². The van der Waals surface area contributed by atoms with E-state index in [0.717, 1.165) is 24.6 Å². The van der Waals surface area contributed by atoms with Gasteiger partial charge in [0.15, 0.2) is 0 Å². The molecule has 3 nitrogen and oxygen atoms in total. The van der Waals surface area contributed by atoms with Crippen LogP contribution in [-0.2, 0) is 0 Å². The van der Waals surface area contributed by atoms with E-state index in [0.29, 0.717) is 5.92 Å². The molecule has 4 heteroatoms. The molecule has 0 amide bonds. The van der Waals surface area contributed by atoms with Gasteiger partial charge in [0.05, 0.1) is 5.69 Å². The monoisotopic (exact) mass is 277 g/mol. The van der Waals surface area contributed by atoms with E-state index in [1.165, 1.54) is 24.1 Å². The number of hydrogen-bond donors (Lipinski definition) is 2. The smallest absolute Gasteiger partial charge is 0.110 e. The summed E-state index contributed by atoms with van der Waals surface area (Å²) in [5.74, 6) is 1.75. The largest absolute Gasteiger partial charge is 0.345 e. The standard InChI is InChI=1S/C15H19N3.ClH/c1-11-14(12-5-3-2-4-6-12)18-15(17-11)13-7-9-16-10-8-13;/h2-6,13,16H,7-10H2,1H3,(H,17,18);1H. The number of hydrogen-bond acceptors (Lipinski definition) is 2. The van der Waals surface area contributed by atoms with E-state index in [4.69, 9.17) is 4.98 Å². The summed E-state index contributed by atoms with van der Waals surface area (Å²) >= 11 is 0. The van der Waals surface area contributed by atoms with E-state index in [2.05, 4.69) is 41.5 Å². The fourth-order valence-corrected chi connectivity index (χ4v) is 2.65. The Hall–Kier alpha value is -1.32. The molecule has 0 spiro atoms. The lowest BCUT2D eigenvalue weighted by Gasteiger charge is -2.20. The molecule has 1 saturated heterocycles. The highest BCUT2D eigenvalue weighted by Crippen LogP contribution is 2.27. The molecule has 0 radical (unpaired) electrons. The number of H-pyrrole nitrogens is 1. The lowest BCUT2D eigenvalue weighted by Crippen LogP contribution is -2.27. The Morgan fingerprint density at radius 1 is 1.11 bits per heavy atom. The number of rotatable bonds is 2. The third kappa shape index (κ3) is 2.99. The Bertz CT molecular complexity index is 515. The van der Waals surface area contributed by atoms with Crippen LogP contribution in [0.2, 0.25) is 0 Å². The second-order valence-electron chi connectivity index (χ2n) is 4.99. The van der Waals surface area contributed by atoms with Gasteiger partial charge in [-0.25, -0.2) is 4.98 Å². The molecule has 2 N–H and O–H groups in total. The number of nitrogens with one attached hydrogen (secondary N) is 2. The molecule has 1 aliphatic heterocycles. The van der Waals surface area contributed by atoms with Gasteiger partial charge >= 0.3 is 0 Å². The summed E-state index contributed by atoms with van der Waals surface area (Å²) in [5, 5.41) is 3.40. The molecule has 3 rings (SSSR count). The van der Waals surface area contributed by atoms with Crippen LogP contribution in [0.5, 0.6) is 0 Å². The number of piperidine rings is 1. The second kappa shape index (κ2) is 6.22. The first-order valence-corrected chi connectivity index (χ1v) is 6.67. The van der Waals surface area contributed by atoms with Crippen LogP contribution in [0.15, 0.2) is 30.3 Å². The van der Waals surface area contributed by atoms with Crippen LogP contribution in [-0.4, -0.2) is 23.1 Å². The van der Waals surface area contributed by atoms with Gasteiger partial charge in [-0.2, -0.15) is 0 Å². The van der Waals surface area contributed by atoms with E-state index in [-0.39, 0.29) is 12.4 Å². The van der Waals surface area contributed by atoms with Crippen LogP contribution in [0.25, 0.3) is 11.3 Å². The number of nitrogens with zero attached hydrogens (tertiary/aromatic N) is 1. The first-order valence-electron chi connectivity index (χ1n) is 6.67. The van der Waals surface area contributed by atoms with Gasteiger partial charge in [0, 0.05) is 17.2 Å². The minimum Gasteiger partial charge on any atom is -0.345 e. The molecular weight excluding hydrogens is 258 g/mol. The average molecular weight is 278 g/mol. The lowest BCUT2D eigenvalue weighted by atomic mass is 9.98. The zero-order valence-electron chi connectivity index (χ0n) is 11.1. The fourth-order valence-electron chi connectivity index (χ4n) is 2.65. The molecular formula is C15H20ClN3. The third-order valence-electron chi connectivity index (χ3n) is 3.68. The van der Waals surface area contributed by atoms with Gasteiger partial charge in [-0.15, -0.1) is 12.4 Å². The van der Waals surface area contributed by atoms with Crippen LogP contribution in [0.1, 0.15) is 30.3 Å². The molecule has 1 fully saturated rings. The van der Waals surface area contributed by atoms with Gasteiger partial charge in [-0.1, -0.05) is 30.3 Å². The number of halogens is 1. The van der Waals surface area contributed by atoms with Crippen molar-refractivity contribution in [3.8, 4) is 11.3 Å². The van der Waals surface area contributed by atoms with Crippen LogP contribution in [0.4, 0.5) is 0 Å². The highest BCUT2D eigenvalue weighted by atomic mass is 35.5. The van der Waals surface area contributed by atoms with Crippen LogP contribution < -0.4 is 5.32 Å². The maximum atomic E-state index is 4.82. The molecule has 0 atom stereocenters. The number of imidazole rings is 1. The fraction of sp³-hybridized carbons (Fsp3) is 0.400. The van der Waals surface area contributed by atoms with Crippen molar-refractivity contribution in [2.24, 2.45) is 0 Å². The molecule has 1 aromatic heterocycles. The molecule has 0 aliphatic carbocycles. The molecule has 1 aromatic carbocycles. The van der Waals surface area contributed by atoms with Crippen molar-refractivity contribution >= 4 is 12.4 Å². The predicted octanol–water partition coefficient (Wildman–Crippen LogP) is 3.27. The Labute approximate surface area is 120 Å². The molecule has 2 heterocycles. The summed E-state index contributed by atoms with van der Waals surface area (Å²) in [5.41, 5.74) is 3.48. The zero-order valence-corrected chi connectivity index (χ0v) is 12.0. The zero-order chi connectivity index (χ0) is 12.4. The normalized spacial score (nSPS) is 16.1. The summed E-state index contributed by atoms with van der Waals surface area (Å²) in [6.45, 7) is 4.32. The molecule has 0 saturated carbocycles. The first-order chi connectivity index (χ1) is 8.84. The summed E-state index contributed by atoms with van der Waals surface area (Å²) < 4.78 is 0. The van der Waals surface area contributed by atoms with E-state index in [1.54, 1.807) is 0 Å². The maximum Gasteiger partial charge on any atom is 0.110 e. The average Bonchev–Trinajstić information content (AvgIpc) is 2.83. The summed E-state index contributed by atoms with van der Waals surface area (Å²) in [7, 11) is 0. The van der Waals surface area contributed by atoms with E-state index in [9.17, 15) is 0 Å². The van der Waals surface area contributed by atoms with Crippen molar-refractivity contribution in [1.82, 2.24) is 15.3 Å². The van der Waals surface area contributed by atoms with Crippen molar-refractivity contribution < 1.29 is 0 Å². The van der Waals surface area contributed by atoms with Gasteiger partial charge in [0.1, 0.15) is 5.82 Å². The number of aryl methyl sites for hydroxylation is 1. The summed E-state index contributed by atoms with van der Waals surface area (Å²) in [6, 6.07) is 10.4.